The highest BCUT2D eigenvalue weighted by molar-refractivity contribution is 7.13. The summed E-state index contributed by atoms with van der Waals surface area (Å²) in [5.41, 5.74) is 1.53. The van der Waals surface area contributed by atoms with E-state index in [9.17, 15) is 9.59 Å². The lowest BCUT2D eigenvalue weighted by Crippen LogP contribution is -2.41. The molecule has 3 N–H and O–H groups in total. The van der Waals surface area contributed by atoms with Crippen LogP contribution < -0.4 is 10.6 Å². The van der Waals surface area contributed by atoms with E-state index in [1.807, 2.05) is 12.1 Å². The normalized spacial score (nSPS) is 16.8. The third kappa shape index (κ3) is 4.88. The highest BCUT2D eigenvalue weighted by Crippen LogP contribution is 2.25. The number of thiazole rings is 1. The first kappa shape index (κ1) is 18.5. The molecule has 3 heterocycles. The average molecular weight is 371 g/mol. The van der Waals surface area contributed by atoms with Gasteiger partial charge in [0.05, 0.1) is 5.69 Å². The van der Waals surface area contributed by atoms with Gasteiger partial charge in [0.2, 0.25) is 13.8 Å². The first-order chi connectivity index (χ1) is 12.4. The van der Waals surface area contributed by atoms with Crippen molar-refractivity contribution >= 4 is 43.8 Å². The first-order valence-electron chi connectivity index (χ1n) is 7.77. The number of amides is 2. The molecule has 2 atom stereocenters. The maximum absolute atomic E-state index is 11.9. The van der Waals surface area contributed by atoms with Gasteiger partial charge in [-0.25, -0.2) is 4.98 Å². The molecule has 1 unspecified atom stereocenters. The second kappa shape index (κ2) is 7.96. The third-order valence-corrected chi connectivity index (χ3v) is 4.39. The van der Waals surface area contributed by atoms with Crippen LogP contribution in [0.2, 0.25) is 0 Å². The number of rotatable bonds is 7. The predicted molar refractivity (Wildman–Crippen MR) is 97.2 cm³/mol. The number of hydroxylamine groups is 1. The number of carbonyl (C=O) groups is 2. The number of nitrogens with one attached hydrogen (secondary N) is 2. The summed E-state index contributed by atoms with van der Waals surface area (Å²) in [5, 5.41) is 16.5. The second-order valence-corrected chi connectivity index (χ2v) is 6.51. The van der Waals surface area contributed by atoms with Crippen LogP contribution in [0.4, 0.5) is 10.6 Å². The molecule has 0 aromatic carbocycles. The Hall–Kier alpha value is -2.27. The summed E-state index contributed by atoms with van der Waals surface area (Å²) >= 11 is 1.35. The molecule has 1 fully saturated rings. The van der Waals surface area contributed by atoms with Gasteiger partial charge in [0, 0.05) is 23.6 Å². The minimum Gasteiger partial charge on any atom is -0.435 e. The molecule has 1 saturated heterocycles. The Labute approximate surface area is 155 Å². The summed E-state index contributed by atoms with van der Waals surface area (Å²) in [4.78, 5) is 38.1. The van der Waals surface area contributed by atoms with E-state index in [0.717, 1.165) is 11.3 Å². The van der Waals surface area contributed by atoms with Crippen molar-refractivity contribution in [1.82, 2.24) is 20.3 Å². The fraction of sp³-hybridized carbons (Fsp3) is 0.286. The number of pyridine rings is 1. The van der Waals surface area contributed by atoms with E-state index in [0.29, 0.717) is 17.3 Å². The Morgan fingerprint density at radius 3 is 2.92 bits per heavy atom. The fourth-order valence-corrected chi connectivity index (χ4v) is 2.76. The molecule has 2 amide bonds. The molecule has 0 bridgehead atoms. The van der Waals surface area contributed by atoms with Crippen LogP contribution in [0.3, 0.4) is 0 Å². The zero-order chi connectivity index (χ0) is 18.7. The minimum absolute atomic E-state index is 0.279. The van der Waals surface area contributed by atoms with E-state index in [4.69, 9.17) is 17.7 Å². The van der Waals surface area contributed by atoms with E-state index >= 15 is 0 Å². The van der Waals surface area contributed by atoms with Crippen molar-refractivity contribution < 1.29 is 19.5 Å². The van der Waals surface area contributed by atoms with Crippen LogP contribution in [0.5, 0.6) is 0 Å². The Kier molecular flexibility index (Phi) is 5.67. The van der Waals surface area contributed by atoms with Crippen LogP contribution in [0.25, 0.3) is 10.6 Å². The summed E-state index contributed by atoms with van der Waals surface area (Å²) in [6.07, 6.45) is 2.18. The van der Waals surface area contributed by atoms with Gasteiger partial charge in [-0.3, -0.25) is 14.6 Å². The van der Waals surface area contributed by atoms with Crippen molar-refractivity contribution in [3.8, 4) is 10.6 Å². The Balaban J connectivity index is 1.56. The number of hydrogen-bond donors (Lipinski definition) is 3. The van der Waals surface area contributed by atoms with Gasteiger partial charge < -0.3 is 20.5 Å². The standard InChI is InChI=1S/C14H15B2N5O4S/c1-8(18-14(15)23)12(22)19-11-6-26-13(20-11)9-2-3-10(17-4-9)5-25-21-7-16(21)24/h2-4,6,8,24H,5,7H2,1H3,(H,18,23)(H,19,22)/t8-,21?/m0/s1. The quantitative estimate of drug-likeness (QED) is 0.470. The lowest BCUT2D eigenvalue weighted by Gasteiger charge is -2.11. The Morgan fingerprint density at radius 1 is 1.54 bits per heavy atom. The molecule has 1 aliphatic heterocycles. The molecule has 26 heavy (non-hydrogen) atoms. The van der Waals surface area contributed by atoms with Crippen LogP contribution in [-0.4, -0.2) is 59.1 Å². The molecule has 12 heteroatoms. The van der Waals surface area contributed by atoms with Gasteiger partial charge >= 0.3 is 7.05 Å². The van der Waals surface area contributed by atoms with Crippen molar-refractivity contribution in [2.45, 2.75) is 19.6 Å². The molecule has 1 aliphatic rings. The lowest BCUT2D eigenvalue weighted by atomic mass is 10.1. The van der Waals surface area contributed by atoms with Gasteiger partial charge in [-0.2, -0.15) is 4.97 Å². The Bertz CT molecular complexity index is 803. The predicted octanol–water partition coefficient (Wildman–Crippen LogP) is 0.177. The van der Waals surface area contributed by atoms with E-state index in [1.54, 1.807) is 11.6 Å². The van der Waals surface area contributed by atoms with E-state index in [2.05, 4.69) is 20.6 Å². The van der Waals surface area contributed by atoms with Crippen LogP contribution >= 0.6 is 11.3 Å². The van der Waals surface area contributed by atoms with E-state index in [1.165, 1.54) is 23.2 Å². The summed E-state index contributed by atoms with van der Waals surface area (Å²) in [6, 6.07) is 2.90. The smallest absolute Gasteiger partial charge is 0.420 e. The lowest BCUT2D eigenvalue weighted by molar-refractivity contribution is -0.117. The molecular formula is C14H15B2N5O4S. The highest BCUT2D eigenvalue weighted by atomic mass is 32.1. The number of anilines is 1. The van der Waals surface area contributed by atoms with Crippen molar-refractivity contribution in [2.75, 3.05) is 11.8 Å². The molecule has 0 saturated carbocycles. The van der Waals surface area contributed by atoms with Gasteiger partial charge in [-0.05, 0) is 19.1 Å². The second-order valence-electron chi connectivity index (χ2n) is 5.65. The molecule has 9 nitrogen and oxygen atoms in total. The monoisotopic (exact) mass is 371 g/mol. The van der Waals surface area contributed by atoms with Crippen molar-refractivity contribution in [1.29, 1.82) is 0 Å². The van der Waals surface area contributed by atoms with Gasteiger partial charge in [-0.15, -0.1) is 11.3 Å². The first-order valence-corrected chi connectivity index (χ1v) is 8.65. The fourth-order valence-electron chi connectivity index (χ4n) is 2.02. The largest absolute Gasteiger partial charge is 0.435 e. The molecule has 0 aliphatic carbocycles. The number of nitrogens with zero attached hydrogens (tertiary/aromatic N) is 3. The highest BCUT2D eigenvalue weighted by Gasteiger charge is 2.40. The zero-order valence-corrected chi connectivity index (χ0v) is 14.7. The number of hydrogen-bond acceptors (Lipinski definition) is 8. The van der Waals surface area contributed by atoms with E-state index < -0.39 is 24.8 Å². The molecule has 2 aromatic heterocycles. The maximum atomic E-state index is 11.9. The van der Waals surface area contributed by atoms with Gasteiger partial charge in [-0.1, -0.05) is 0 Å². The Morgan fingerprint density at radius 2 is 2.31 bits per heavy atom. The summed E-state index contributed by atoms with van der Waals surface area (Å²) in [6.45, 7) is 1.80. The maximum Gasteiger partial charge on any atom is 0.420 e. The van der Waals surface area contributed by atoms with Crippen molar-refractivity contribution in [3.05, 3.63) is 29.4 Å². The van der Waals surface area contributed by atoms with Gasteiger partial charge in [0.15, 0.2) is 5.81 Å². The summed E-state index contributed by atoms with van der Waals surface area (Å²) in [7, 11) is 4.48. The molecular weight excluding hydrogens is 356 g/mol. The van der Waals surface area contributed by atoms with E-state index in [-0.39, 0.29) is 6.61 Å². The van der Waals surface area contributed by atoms with Crippen LogP contribution in [-0.2, 0) is 16.2 Å². The minimum atomic E-state index is -0.769. The molecule has 2 radical (unpaired) electrons. The topological polar surface area (TPSA) is 116 Å². The summed E-state index contributed by atoms with van der Waals surface area (Å²) < 4.78 is 0. The van der Waals surface area contributed by atoms with Crippen LogP contribution in [0.1, 0.15) is 12.6 Å². The van der Waals surface area contributed by atoms with Crippen molar-refractivity contribution in [2.24, 2.45) is 0 Å². The molecule has 132 valence electrons. The van der Waals surface area contributed by atoms with Crippen LogP contribution in [0, 0.1) is 0 Å². The average Bonchev–Trinajstić information content (AvgIpc) is 3.11. The van der Waals surface area contributed by atoms with Crippen molar-refractivity contribution in [3.63, 3.8) is 0 Å². The summed E-state index contributed by atoms with van der Waals surface area (Å²) in [5.74, 6) is -0.797. The zero-order valence-electron chi connectivity index (χ0n) is 13.9. The number of carbonyl (C=O) groups excluding carboxylic acids is 2. The van der Waals surface area contributed by atoms with Crippen LogP contribution in [0.15, 0.2) is 23.7 Å². The third-order valence-electron chi connectivity index (χ3n) is 3.50. The van der Waals surface area contributed by atoms with Gasteiger partial charge in [0.1, 0.15) is 23.5 Å². The number of aromatic nitrogens is 2. The molecule has 0 spiro atoms. The SMILES string of the molecule is [B]C(=O)N[C@@H](C)C(=O)Nc1csc(-c2ccc(CON3CB3O)nc2)n1. The van der Waals surface area contributed by atoms with Gasteiger partial charge in [0.25, 0.3) is 0 Å². The molecule has 3 rings (SSSR count). The molecule has 2 aromatic rings.